The van der Waals surface area contributed by atoms with Crippen molar-refractivity contribution >= 4 is 5.91 Å². The summed E-state index contributed by atoms with van der Waals surface area (Å²) in [6.07, 6.45) is 1.60. The van der Waals surface area contributed by atoms with E-state index >= 15 is 0 Å². The van der Waals surface area contributed by atoms with Gasteiger partial charge in [0.05, 0.1) is 6.10 Å². The first-order chi connectivity index (χ1) is 7.47. The molecule has 1 atom stereocenters. The van der Waals surface area contributed by atoms with Crippen LogP contribution in [0.2, 0.25) is 0 Å². The summed E-state index contributed by atoms with van der Waals surface area (Å²) in [6.45, 7) is 6.27. The number of hydrogen-bond donors (Lipinski definition) is 1. The first-order valence-corrected chi connectivity index (χ1v) is 6.08. The van der Waals surface area contributed by atoms with Gasteiger partial charge in [0.25, 0.3) is 0 Å². The Morgan fingerprint density at radius 1 is 1.25 bits per heavy atom. The topological polar surface area (TPSA) is 43.8 Å². The average Bonchev–Trinajstić information content (AvgIpc) is 2.20. The lowest BCUT2D eigenvalue weighted by atomic mass is 10.2. The Kier molecular flexibility index (Phi) is 8.21. The van der Waals surface area contributed by atoms with Crippen molar-refractivity contribution in [3.63, 3.8) is 0 Å². The van der Waals surface area contributed by atoms with Crippen LogP contribution in [0, 0.1) is 0 Å². The van der Waals surface area contributed by atoms with E-state index in [9.17, 15) is 4.79 Å². The fraction of sp³-hybridized carbons (Fsp3) is 0.917. The zero-order valence-corrected chi connectivity index (χ0v) is 11.1. The molecule has 0 rings (SSSR count). The van der Waals surface area contributed by atoms with E-state index in [1.807, 2.05) is 19.0 Å². The van der Waals surface area contributed by atoms with Gasteiger partial charge in [-0.2, -0.15) is 0 Å². The van der Waals surface area contributed by atoms with Gasteiger partial charge in [-0.3, -0.25) is 4.79 Å². The Labute approximate surface area is 99.2 Å². The zero-order chi connectivity index (χ0) is 12.6. The Hall–Kier alpha value is -0.610. The molecule has 0 spiro atoms. The van der Waals surface area contributed by atoms with Gasteiger partial charge in [0.15, 0.2) is 0 Å². The molecule has 1 amide bonds. The summed E-state index contributed by atoms with van der Waals surface area (Å²) in [5.41, 5.74) is 0. The van der Waals surface area contributed by atoms with Crippen LogP contribution >= 0.6 is 0 Å². The van der Waals surface area contributed by atoms with Crippen LogP contribution in [-0.2, 0) is 4.79 Å². The molecule has 1 unspecified atom stereocenters. The molecule has 0 saturated heterocycles. The first kappa shape index (κ1) is 15.4. The number of carbonyl (C=O) groups is 1. The fourth-order valence-electron chi connectivity index (χ4n) is 1.44. The SMILES string of the molecule is CCCN(CCN(C)C)C(=O)CCC(C)O. The van der Waals surface area contributed by atoms with Crippen molar-refractivity contribution in [2.45, 2.75) is 39.2 Å². The number of rotatable bonds is 8. The second-order valence-electron chi connectivity index (χ2n) is 4.57. The third kappa shape index (κ3) is 7.65. The quantitative estimate of drug-likeness (QED) is 0.675. The fourth-order valence-corrected chi connectivity index (χ4v) is 1.44. The van der Waals surface area contributed by atoms with Gasteiger partial charge >= 0.3 is 0 Å². The highest BCUT2D eigenvalue weighted by Gasteiger charge is 2.13. The lowest BCUT2D eigenvalue weighted by Crippen LogP contribution is -2.37. The third-order valence-corrected chi connectivity index (χ3v) is 2.44. The minimum absolute atomic E-state index is 0.157. The van der Waals surface area contributed by atoms with E-state index in [2.05, 4.69) is 11.8 Å². The van der Waals surface area contributed by atoms with Gasteiger partial charge in [0, 0.05) is 26.1 Å². The number of aliphatic hydroxyl groups excluding tert-OH is 1. The molecule has 0 fully saturated rings. The van der Waals surface area contributed by atoms with E-state index in [4.69, 9.17) is 5.11 Å². The van der Waals surface area contributed by atoms with Crippen LogP contribution in [0.1, 0.15) is 33.1 Å². The van der Waals surface area contributed by atoms with Gasteiger partial charge in [-0.15, -0.1) is 0 Å². The Bertz CT molecular complexity index is 193. The summed E-state index contributed by atoms with van der Waals surface area (Å²) < 4.78 is 0. The second-order valence-corrected chi connectivity index (χ2v) is 4.57. The van der Waals surface area contributed by atoms with Crippen molar-refractivity contribution in [2.75, 3.05) is 33.7 Å². The van der Waals surface area contributed by atoms with Crippen molar-refractivity contribution in [2.24, 2.45) is 0 Å². The predicted octanol–water partition coefficient (Wildman–Crippen LogP) is 0.948. The standard InChI is InChI=1S/C12H26N2O2/c1-5-8-14(10-9-13(3)4)12(16)7-6-11(2)15/h11,15H,5-10H2,1-4H3. The minimum atomic E-state index is -0.388. The van der Waals surface area contributed by atoms with Gasteiger partial charge in [0.2, 0.25) is 5.91 Å². The van der Waals surface area contributed by atoms with Crippen LogP contribution in [0.3, 0.4) is 0 Å². The number of nitrogens with zero attached hydrogens (tertiary/aromatic N) is 2. The van der Waals surface area contributed by atoms with Crippen LogP contribution in [0.4, 0.5) is 0 Å². The maximum Gasteiger partial charge on any atom is 0.222 e. The molecule has 0 aliphatic heterocycles. The Balaban J connectivity index is 4.02. The van der Waals surface area contributed by atoms with Crippen molar-refractivity contribution in [3.8, 4) is 0 Å². The molecule has 0 aromatic carbocycles. The van der Waals surface area contributed by atoms with Crippen molar-refractivity contribution in [3.05, 3.63) is 0 Å². The summed E-state index contributed by atoms with van der Waals surface area (Å²) in [5.74, 6) is 0.157. The van der Waals surface area contributed by atoms with Gasteiger partial charge in [-0.25, -0.2) is 0 Å². The van der Waals surface area contributed by atoms with Crippen LogP contribution in [0.5, 0.6) is 0 Å². The molecule has 0 aliphatic rings. The molecular weight excluding hydrogens is 204 g/mol. The Morgan fingerprint density at radius 3 is 2.31 bits per heavy atom. The monoisotopic (exact) mass is 230 g/mol. The maximum atomic E-state index is 11.8. The molecule has 1 N–H and O–H groups in total. The van der Waals surface area contributed by atoms with Gasteiger partial charge in [0.1, 0.15) is 0 Å². The number of amides is 1. The molecule has 96 valence electrons. The summed E-state index contributed by atoms with van der Waals surface area (Å²) in [4.78, 5) is 15.8. The van der Waals surface area contributed by atoms with Crippen LogP contribution < -0.4 is 0 Å². The average molecular weight is 230 g/mol. The van der Waals surface area contributed by atoms with Crippen LogP contribution in [0.15, 0.2) is 0 Å². The predicted molar refractivity (Wildman–Crippen MR) is 66.3 cm³/mol. The van der Waals surface area contributed by atoms with Gasteiger partial charge in [-0.05, 0) is 33.9 Å². The Morgan fingerprint density at radius 2 is 1.88 bits per heavy atom. The van der Waals surface area contributed by atoms with Crippen molar-refractivity contribution in [1.82, 2.24) is 9.80 Å². The summed E-state index contributed by atoms with van der Waals surface area (Å²) >= 11 is 0. The molecule has 16 heavy (non-hydrogen) atoms. The molecule has 0 aromatic heterocycles. The molecule has 0 heterocycles. The first-order valence-electron chi connectivity index (χ1n) is 6.08. The maximum absolute atomic E-state index is 11.8. The van der Waals surface area contributed by atoms with Gasteiger partial charge in [-0.1, -0.05) is 6.92 Å². The summed E-state index contributed by atoms with van der Waals surface area (Å²) in [5, 5.41) is 9.15. The van der Waals surface area contributed by atoms with Crippen molar-refractivity contribution in [1.29, 1.82) is 0 Å². The largest absolute Gasteiger partial charge is 0.393 e. The highest BCUT2D eigenvalue weighted by Crippen LogP contribution is 2.02. The van der Waals surface area contributed by atoms with Crippen LogP contribution in [-0.4, -0.2) is 60.6 Å². The molecular formula is C12H26N2O2. The molecule has 0 aromatic rings. The molecule has 0 bridgehead atoms. The van der Waals surface area contributed by atoms with E-state index in [0.717, 1.165) is 26.1 Å². The number of carbonyl (C=O) groups excluding carboxylic acids is 1. The summed E-state index contributed by atoms with van der Waals surface area (Å²) in [7, 11) is 4.01. The lowest BCUT2D eigenvalue weighted by molar-refractivity contribution is -0.132. The normalized spacial score (nSPS) is 12.9. The second kappa shape index (κ2) is 8.53. The third-order valence-electron chi connectivity index (χ3n) is 2.44. The zero-order valence-electron chi connectivity index (χ0n) is 11.1. The van der Waals surface area contributed by atoms with Crippen LogP contribution in [0.25, 0.3) is 0 Å². The van der Waals surface area contributed by atoms with E-state index in [1.54, 1.807) is 6.92 Å². The molecule has 0 radical (unpaired) electrons. The number of likely N-dealkylation sites (N-methyl/N-ethyl adjacent to an activating group) is 1. The highest BCUT2D eigenvalue weighted by atomic mass is 16.3. The molecule has 0 aliphatic carbocycles. The smallest absolute Gasteiger partial charge is 0.222 e. The lowest BCUT2D eigenvalue weighted by Gasteiger charge is -2.24. The van der Waals surface area contributed by atoms with E-state index in [-0.39, 0.29) is 12.0 Å². The number of aliphatic hydroxyl groups is 1. The van der Waals surface area contributed by atoms with Crippen molar-refractivity contribution < 1.29 is 9.90 Å². The molecule has 0 saturated carbocycles. The van der Waals surface area contributed by atoms with E-state index < -0.39 is 0 Å². The highest BCUT2D eigenvalue weighted by molar-refractivity contribution is 5.76. The van der Waals surface area contributed by atoms with Gasteiger partial charge < -0.3 is 14.9 Å². The molecule has 4 nitrogen and oxygen atoms in total. The number of hydrogen-bond acceptors (Lipinski definition) is 3. The minimum Gasteiger partial charge on any atom is -0.393 e. The van der Waals surface area contributed by atoms with E-state index in [0.29, 0.717) is 12.8 Å². The summed E-state index contributed by atoms with van der Waals surface area (Å²) in [6, 6.07) is 0. The van der Waals surface area contributed by atoms with E-state index in [1.165, 1.54) is 0 Å². The molecule has 4 heteroatoms.